The molecule has 0 aromatic carbocycles. The Balaban J connectivity index is 0.000000422. The molecule has 254 valence electrons. The van der Waals surface area contributed by atoms with E-state index in [1.54, 1.807) is 5.57 Å². The fourth-order valence-corrected chi connectivity index (χ4v) is 8.95. The maximum atomic E-state index is 8.94. The summed E-state index contributed by atoms with van der Waals surface area (Å²) in [6.45, 7) is 14.6. The number of rotatable bonds is 12. The molecule has 8 nitrogen and oxygen atoms in total. The molecule has 11 atom stereocenters. The number of hydrogen-bond acceptors (Lipinski definition) is 8. The summed E-state index contributed by atoms with van der Waals surface area (Å²) in [5, 5.41) is 48.5. The minimum Gasteiger partial charge on any atom is -0.394 e. The number of aliphatic hydroxyl groups excluding tert-OH is 5. The summed E-state index contributed by atoms with van der Waals surface area (Å²) in [6, 6.07) is 0. The predicted octanol–water partition coefficient (Wildman–Crippen LogP) is 6.13. The average Bonchev–Trinajstić information content (AvgIpc) is 3.34. The van der Waals surface area contributed by atoms with E-state index in [2.05, 4.69) is 38.7 Å². The number of unbranched alkanes of at least 4 members (excludes halogenated alkanes) is 1. The van der Waals surface area contributed by atoms with Gasteiger partial charge in [0.25, 0.3) is 0 Å². The second kappa shape index (κ2) is 17.9. The second-order valence-electron chi connectivity index (χ2n) is 14.4. The van der Waals surface area contributed by atoms with E-state index < -0.39 is 31.0 Å². The van der Waals surface area contributed by atoms with Gasteiger partial charge in [0.1, 0.15) is 18.3 Å². The highest BCUT2D eigenvalue weighted by Crippen LogP contribution is 2.66. The van der Waals surface area contributed by atoms with Gasteiger partial charge < -0.3 is 25.5 Å². The van der Waals surface area contributed by atoms with Gasteiger partial charge in [-0.15, -0.1) is 0 Å². The monoisotopic (exact) mass is 614 g/mol. The van der Waals surface area contributed by atoms with E-state index in [-0.39, 0.29) is 6.10 Å². The van der Waals surface area contributed by atoms with Crippen LogP contribution in [0.2, 0.25) is 0 Å². The van der Waals surface area contributed by atoms with Crippen LogP contribution in [0.5, 0.6) is 0 Å². The molecule has 0 heterocycles. The Morgan fingerprint density at radius 1 is 0.907 bits per heavy atom. The molecule has 4 aliphatic carbocycles. The lowest BCUT2D eigenvalue weighted by Crippen LogP contribution is -2.50. The Kier molecular flexibility index (Phi) is 16.1. The van der Waals surface area contributed by atoms with Gasteiger partial charge >= 0.3 is 0 Å². The Hall–Kier alpha value is -0.580. The first-order chi connectivity index (χ1) is 20.4. The normalized spacial score (nSPS) is 36.0. The van der Waals surface area contributed by atoms with Gasteiger partial charge in [-0.05, 0) is 105 Å². The lowest BCUT2D eigenvalue weighted by atomic mass is 9.47. The van der Waals surface area contributed by atoms with Crippen LogP contribution in [0.1, 0.15) is 126 Å². The van der Waals surface area contributed by atoms with Crippen LogP contribution in [0.15, 0.2) is 11.6 Å². The summed E-state index contributed by atoms with van der Waals surface area (Å²) in [4.78, 5) is 10.1. The van der Waals surface area contributed by atoms with Crippen LogP contribution in [0, 0.1) is 40.4 Å². The molecule has 4 rings (SSSR count). The molecular formula is C35H66O8. The van der Waals surface area contributed by atoms with Crippen molar-refractivity contribution in [1.29, 1.82) is 0 Å². The van der Waals surface area contributed by atoms with Gasteiger partial charge in [0.05, 0.1) is 25.9 Å². The Morgan fingerprint density at radius 2 is 1.60 bits per heavy atom. The molecule has 0 aliphatic heterocycles. The molecule has 0 saturated heterocycles. The molecule has 5 N–H and O–H groups in total. The van der Waals surface area contributed by atoms with Crippen LogP contribution in [0.4, 0.5) is 0 Å². The third kappa shape index (κ3) is 9.47. The molecule has 43 heavy (non-hydrogen) atoms. The van der Waals surface area contributed by atoms with Crippen molar-refractivity contribution in [2.45, 2.75) is 156 Å². The summed E-state index contributed by atoms with van der Waals surface area (Å²) >= 11 is 0. The summed E-state index contributed by atoms with van der Waals surface area (Å²) in [7, 11) is 1.51. The molecule has 0 bridgehead atoms. The summed E-state index contributed by atoms with van der Waals surface area (Å²) in [5.41, 5.74) is 2.63. The van der Waals surface area contributed by atoms with Gasteiger partial charge in [-0.25, -0.2) is 9.78 Å². The molecule has 0 amide bonds. The van der Waals surface area contributed by atoms with Crippen molar-refractivity contribution in [1.82, 2.24) is 0 Å². The van der Waals surface area contributed by atoms with Gasteiger partial charge in [0, 0.05) is 0 Å². The minimum atomic E-state index is -1.51. The number of hydrogen-bond donors (Lipinski definition) is 5. The highest BCUT2D eigenvalue weighted by molar-refractivity contribution is 5.25. The first-order valence-corrected chi connectivity index (χ1v) is 17.3. The predicted molar refractivity (Wildman–Crippen MR) is 170 cm³/mol. The first kappa shape index (κ1) is 38.6. The van der Waals surface area contributed by atoms with Crippen LogP contribution in [0.3, 0.4) is 0 Å². The zero-order valence-electron chi connectivity index (χ0n) is 28.5. The SMILES string of the molecule is CC.CC(O)C(O)C(O)C(O)CO.COOOC1CCC2(C)C(=CCC3C2CCC2(C)C(CCCCC(C)C)CCC32)C1. The topological polar surface area (TPSA) is 129 Å². The van der Waals surface area contributed by atoms with Crippen LogP contribution in [-0.2, 0) is 14.8 Å². The quantitative estimate of drug-likeness (QED) is 0.0769. The standard InChI is InChI=1S/C27H46O3.C6H14O5.C2H6/c1-19(2)8-6-7-9-20-11-13-24-23-12-10-21-18-22(29-30-28-5)14-16-27(21,4)25(23)15-17-26(20,24)3;1-3(8)5(10)6(11)4(9)2-7;1-2/h10,19-20,22-25H,6-9,11-18H2,1-5H3;3-11H,2H2,1H3;1-2H3. The zero-order chi connectivity index (χ0) is 32.4. The van der Waals surface area contributed by atoms with Gasteiger partial charge in [-0.2, -0.15) is 0 Å². The van der Waals surface area contributed by atoms with Gasteiger partial charge in [0.2, 0.25) is 0 Å². The average molecular weight is 615 g/mol. The summed E-state index contributed by atoms with van der Waals surface area (Å²) in [6.07, 6.45) is 13.5. The number of fused-ring (bicyclic) bond motifs is 5. The molecule has 8 heteroatoms. The zero-order valence-corrected chi connectivity index (χ0v) is 28.5. The Labute approximate surface area is 262 Å². The molecule has 0 radical (unpaired) electrons. The minimum absolute atomic E-state index is 0.149. The van der Waals surface area contributed by atoms with Crippen molar-refractivity contribution in [3.05, 3.63) is 11.6 Å². The summed E-state index contributed by atoms with van der Waals surface area (Å²) in [5.74, 6) is 4.57. The van der Waals surface area contributed by atoms with E-state index in [9.17, 15) is 0 Å². The molecule has 3 saturated carbocycles. The van der Waals surface area contributed by atoms with Crippen LogP contribution in [-0.4, -0.2) is 69.8 Å². The van der Waals surface area contributed by atoms with E-state index in [0.717, 1.165) is 42.4 Å². The lowest BCUT2D eigenvalue weighted by molar-refractivity contribution is -0.518. The highest BCUT2D eigenvalue weighted by Gasteiger charge is 2.58. The van der Waals surface area contributed by atoms with Crippen LogP contribution in [0.25, 0.3) is 0 Å². The molecule has 11 unspecified atom stereocenters. The molecular weight excluding hydrogens is 548 g/mol. The maximum absolute atomic E-state index is 8.94. The molecule has 0 aromatic rings. The van der Waals surface area contributed by atoms with Crippen molar-refractivity contribution in [3.63, 3.8) is 0 Å². The summed E-state index contributed by atoms with van der Waals surface area (Å²) < 4.78 is 0. The largest absolute Gasteiger partial charge is 0.394 e. The Bertz CT molecular complexity index is 818. The maximum Gasteiger partial charge on any atom is 0.110 e. The highest BCUT2D eigenvalue weighted by atomic mass is 17.5. The second-order valence-corrected chi connectivity index (χ2v) is 14.4. The first-order valence-electron chi connectivity index (χ1n) is 17.3. The smallest absolute Gasteiger partial charge is 0.110 e. The Morgan fingerprint density at radius 3 is 2.21 bits per heavy atom. The van der Waals surface area contributed by atoms with E-state index >= 15 is 0 Å². The van der Waals surface area contributed by atoms with Crippen molar-refractivity contribution in [3.8, 4) is 0 Å². The molecule has 4 aliphatic rings. The molecule has 0 aromatic heterocycles. The third-order valence-corrected chi connectivity index (χ3v) is 11.5. The van der Waals surface area contributed by atoms with Crippen molar-refractivity contribution >= 4 is 0 Å². The van der Waals surface area contributed by atoms with Crippen molar-refractivity contribution in [2.24, 2.45) is 40.4 Å². The van der Waals surface area contributed by atoms with E-state index in [4.69, 9.17) is 35.5 Å². The van der Waals surface area contributed by atoms with Gasteiger partial charge in [-0.1, -0.05) is 77.5 Å². The molecule has 3 fully saturated rings. The third-order valence-electron chi connectivity index (χ3n) is 11.5. The van der Waals surface area contributed by atoms with E-state index in [1.807, 2.05) is 13.8 Å². The van der Waals surface area contributed by atoms with Crippen molar-refractivity contribution < 1.29 is 40.3 Å². The number of allylic oxidation sites excluding steroid dienone is 1. The lowest BCUT2D eigenvalue weighted by Gasteiger charge is -2.58. The van der Waals surface area contributed by atoms with Crippen molar-refractivity contribution in [2.75, 3.05) is 13.7 Å². The van der Waals surface area contributed by atoms with Gasteiger partial charge in [0.15, 0.2) is 0 Å². The molecule has 0 spiro atoms. The van der Waals surface area contributed by atoms with E-state index in [1.165, 1.54) is 78.2 Å². The van der Waals surface area contributed by atoms with Crippen LogP contribution < -0.4 is 0 Å². The van der Waals surface area contributed by atoms with E-state index in [0.29, 0.717) is 10.8 Å². The van der Waals surface area contributed by atoms with Crippen LogP contribution >= 0.6 is 0 Å². The van der Waals surface area contributed by atoms with Gasteiger partial charge in [-0.3, -0.25) is 0 Å². The fraction of sp³-hybridized carbons (Fsp3) is 0.943. The number of aliphatic hydroxyl groups is 5. The fourth-order valence-electron chi connectivity index (χ4n) is 8.95.